The van der Waals surface area contributed by atoms with E-state index in [1.165, 1.54) is 16.3 Å². The van der Waals surface area contributed by atoms with E-state index in [2.05, 4.69) is 52.8 Å². The Morgan fingerprint density at radius 3 is 2.76 bits per heavy atom. The van der Waals surface area contributed by atoms with Crippen LogP contribution in [-0.2, 0) is 0 Å². The summed E-state index contributed by atoms with van der Waals surface area (Å²) in [6.45, 7) is 1.94. The third-order valence-electron chi connectivity index (χ3n) is 3.52. The van der Waals surface area contributed by atoms with Gasteiger partial charge in [0.2, 0.25) is 0 Å². The second kappa shape index (κ2) is 6.33. The van der Waals surface area contributed by atoms with E-state index in [0.29, 0.717) is 0 Å². The second-order valence-corrected chi connectivity index (χ2v) is 5.95. The van der Waals surface area contributed by atoms with E-state index >= 15 is 0 Å². The van der Waals surface area contributed by atoms with Crippen molar-refractivity contribution >= 4 is 22.5 Å². The molecule has 0 saturated carbocycles. The Kier molecular flexibility index (Phi) is 4.27. The summed E-state index contributed by atoms with van der Waals surface area (Å²) in [4.78, 5) is 4.34. The minimum absolute atomic E-state index is 0.258. The maximum absolute atomic E-state index is 5.41. The van der Waals surface area contributed by atoms with E-state index in [-0.39, 0.29) is 6.04 Å². The molecule has 0 aliphatic heterocycles. The summed E-state index contributed by atoms with van der Waals surface area (Å²) in [5.41, 5.74) is 2.23. The Hall–Kier alpha value is -1.78. The van der Waals surface area contributed by atoms with E-state index in [4.69, 9.17) is 4.42 Å². The molecule has 0 spiro atoms. The lowest BCUT2D eigenvalue weighted by molar-refractivity contribution is 0.453. The van der Waals surface area contributed by atoms with Crippen molar-refractivity contribution in [3.05, 3.63) is 60.0 Å². The molecule has 0 saturated heterocycles. The van der Waals surface area contributed by atoms with Gasteiger partial charge in [-0.05, 0) is 30.3 Å². The van der Waals surface area contributed by atoms with Crippen molar-refractivity contribution in [3.8, 4) is 0 Å². The Balaban J connectivity index is 1.84. The van der Waals surface area contributed by atoms with Crippen LogP contribution in [0.5, 0.6) is 0 Å². The first-order chi connectivity index (χ1) is 10.3. The third-order valence-corrected chi connectivity index (χ3v) is 4.45. The highest BCUT2D eigenvalue weighted by Crippen LogP contribution is 2.28. The molecule has 1 N–H and O–H groups in total. The van der Waals surface area contributed by atoms with E-state index in [9.17, 15) is 0 Å². The van der Waals surface area contributed by atoms with Crippen LogP contribution in [0.2, 0.25) is 0 Å². The number of hydrogen-bond donors (Lipinski definition) is 1. The molecule has 1 heterocycles. The van der Waals surface area contributed by atoms with Crippen LogP contribution >= 0.6 is 11.8 Å². The van der Waals surface area contributed by atoms with Crippen molar-refractivity contribution in [1.29, 1.82) is 0 Å². The van der Waals surface area contributed by atoms with E-state index < -0.39 is 0 Å². The largest absolute Gasteiger partial charge is 0.440 e. The van der Waals surface area contributed by atoms with Crippen molar-refractivity contribution in [2.45, 2.75) is 18.2 Å². The first kappa shape index (κ1) is 14.2. The number of hydrogen-bond acceptors (Lipinski definition) is 4. The first-order valence-corrected chi connectivity index (χ1v) is 7.96. The van der Waals surface area contributed by atoms with Crippen LogP contribution in [0.4, 0.5) is 0 Å². The van der Waals surface area contributed by atoms with Crippen LogP contribution < -0.4 is 5.32 Å². The minimum Gasteiger partial charge on any atom is -0.440 e. The Bertz CT molecular complexity index is 733. The lowest BCUT2D eigenvalue weighted by atomic mass is 10.00. The van der Waals surface area contributed by atoms with Gasteiger partial charge in [-0.15, -0.1) is 0 Å². The molecule has 1 atom stereocenters. The number of fused-ring (bicyclic) bond motifs is 1. The highest BCUT2D eigenvalue weighted by Gasteiger charge is 2.14. The van der Waals surface area contributed by atoms with Crippen molar-refractivity contribution in [2.24, 2.45) is 0 Å². The quantitative estimate of drug-likeness (QED) is 0.717. The fourth-order valence-corrected chi connectivity index (χ4v) is 3.42. The van der Waals surface area contributed by atoms with Gasteiger partial charge in [0, 0.05) is 11.8 Å². The van der Waals surface area contributed by atoms with Crippen molar-refractivity contribution < 1.29 is 4.42 Å². The van der Waals surface area contributed by atoms with Crippen LogP contribution in [0.25, 0.3) is 10.8 Å². The first-order valence-electron chi connectivity index (χ1n) is 6.98. The number of aryl methyl sites for hydroxylation is 1. The van der Waals surface area contributed by atoms with Gasteiger partial charge in [0.05, 0.1) is 5.69 Å². The number of rotatable bonds is 5. The van der Waals surface area contributed by atoms with Gasteiger partial charge in [-0.1, -0.05) is 54.2 Å². The van der Waals surface area contributed by atoms with E-state index in [0.717, 1.165) is 16.7 Å². The molecule has 1 aromatic heterocycles. The number of oxazole rings is 1. The highest BCUT2D eigenvalue weighted by atomic mass is 32.2. The zero-order valence-corrected chi connectivity index (χ0v) is 13.0. The minimum atomic E-state index is 0.258. The van der Waals surface area contributed by atoms with Gasteiger partial charge in [0.25, 0.3) is 5.22 Å². The molecule has 0 aliphatic rings. The summed E-state index contributed by atoms with van der Waals surface area (Å²) in [6.07, 6.45) is 1.69. The van der Waals surface area contributed by atoms with Crippen molar-refractivity contribution in [1.82, 2.24) is 10.3 Å². The summed E-state index contributed by atoms with van der Waals surface area (Å²) < 4.78 is 5.41. The van der Waals surface area contributed by atoms with Crippen LogP contribution in [0.3, 0.4) is 0 Å². The molecule has 0 bridgehead atoms. The SMILES string of the molecule is CNC(CSc1nc(C)co1)c1cccc2ccccc12. The topological polar surface area (TPSA) is 38.1 Å². The monoisotopic (exact) mass is 298 g/mol. The molecule has 1 unspecified atom stereocenters. The molecule has 0 amide bonds. The lowest BCUT2D eigenvalue weighted by Gasteiger charge is -2.17. The predicted molar refractivity (Wildman–Crippen MR) is 87.7 cm³/mol. The zero-order chi connectivity index (χ0) is 14.7. The van der Waals surface area contributed by atoms with E-state index in [1.54, 1.807) is 18.0 Å². The normalized spacial score (nSPS) is 12.7. The highest BCUT2D eigenvalue weighted by molar-refractivity contribution is 7.99. The molecule has 21 heavy (non-hydrogen) atoms. The van der Waals surface area contributed by atoms with Crippen molar-refractivity contribution in [2.75, 3.05) is 12.8 Å². The van der Waals surface area contributed by atoms with Gasteiger partial charge in [0.1, 0.15) is 6.26 Å². The Labute approximate surface area is 128 Å². The molecule has 3 aromatic rings. The Morgan fingerprint density at radius 1 is 1.19 bits per heavy atom. The average Bonchev–Trinajstić information content (AvgIpc) is 2.93. The molecule has 108 valence electrons. The Morgan fingerprint density at radius 2 is 2.00 bits per heavy atom. The summed E-state index contributed by atoms with van der Waals surface area (Å²) in [5.74, 6) is 0.879. The molecule has 2 aromatic carbocycles. The van der Waals surface area contributed by atoms with Gasteiger partial charge >= 0.3 is 0 Å². The van der Waals surface area contributed by atoms with E-state index in [1.807, 2.05) is 14.0 Å². The predicted octanol–water partition coefficient (Wildman–Crippen LogP) is 4.19. The maximum atomic E-state index is 5.41. The maximum Gasteiger partial charge on any atom is 0.255 e. The molecule has 0 radical (unpaired) electrons. The summed E-state index contributed by atoms with van der Waals surface area (Å²) in [5, 5.41) is 6.69. The second-order valence-electron chi connectivity index (χ2n) is 4.98. The molecule has 4 heteroatoms. The average molecular weight is 298 g/mol. The number of nitrogens with zero attached hydrogens (tertiary/aromatic N) is 1. The van der Waals surface area contributed by atoms with Crippen LogP contribution in [0, 0.1) is 6.92 Å². The standard InChI is InChI=1S/C17H18N2OS/c1-12-10-20-17(19-12)21-11-16(18-2)15-9-5-7-13-6-3-4-8-14(13)15/h3-10,16,18H,11H2,1-2H3. The van der Waals surface area contributed by atoms with Gasteiger partial charge < -0.3 is 9.73 Å². The van der Waals surface area contributed by atoms with Crippen LogP contribution in [-0.4, -0.2) is 17.8 Å². The molecular weight excluding hydrogens is 280 g/mol. The molecule has 0 aliphatic carbocycles. The number of aromatic nitrogens is 1. The van der Waals surface area contributed by atoms with Gasteiger partial charge in [-0.25, -0.2) is 4.98 Å². The molecule has 3 rings (SSSR count). The molecule has 3 nitrogen and oxygen atoms in total. The molecular formula is C17H18N2OS. The smallest absolute Gasteiger partial charge is 0.255 e. The summed E-state index contributed by atoms with van der Waals surface area (Å²) in [7, 11) is 1.99. The number of thioether (sulfide) groups is 1. The van der Waals surface area contributed by atoms with Gasteiger partial charge in [-0.3, -0.25) is 0 Å². The molecule has 0 fully saturated rings. The van der Waals surface area contributed by atoms with Gasteiger partial charge in [0.15, 0.2) is 0 Å². The summed E-state index contributed by atoms with van der Waals surface area (Å²) in [6, 6.07) is 15.2. The third kappa shape index (κ3) is 3.12. The van der Waals surface area contributed by atoms with Crippen molar-refractivity contribution in [3.63, 3.8) is 0 Å². The van der Waals surface area contributed by atoms with Gasteiger partial charge in [-0.2, -0.15) is 0 Å². The lowest BCUT2D eigenvalue weighted by Crippen LogP contribution is -2.19. The van der Waals surface area contributed by atoms with Crippen LogP contribution in [0.1, 0.15) is 17.3 Å². The fraction of sp³-hybridized carbons (Fsp3) is 0.235. The fourth-order valence-electron chi connectivity index (χ4n) is 2.44. The number of benzene rings is 2. The number of nitrogens with one attached hydrogen (secondary N) is 1. The zero-order valence-electron chi connectivity index (χ0n) is 12.2. The van der Waals surface area contributed by atoms with Crippen LogP contribution in [0.15, 0.2) is 58.4 Å². The summed E-state index contributed by atoms with van der Waals surface area (Å²) >= 11 is 1.64.